The maximum atomic E-state index is 13.2. The summed E-state index contributed by atoms with van der Waals surface area (Å²) in [7, 11) is 0. The summed E-state index contributed by atoms with van der Waals surface area (Å²) in [6.07, 6.45) is -3.38. The molecule has 2 aromatic rings. The third-order valence-electron chi connectivity index (χ3n) is 4.88. The summed E-state index contributed by atoms with van der Waals surface area (Å²) in [5.74, 6) is -1.78. The van der Waals surface area contributed by atoms with Crippen molar-refractivity contribution in [2.75, 3.05) is 0 Å². The molecule has 0 N–H and O–H groups in total. The molecule has 26 heavy (non-hydrogen) atoms. The van der Waals surface area contributed by atoms with Gasteiger partial charge in [0, 0.05) is 12.1 Å². The van der Waals surface area contributed by atoms with Crippen molar-refractivity contribution in [3.63, 3.8) is 0 Å². The Kier molecular flexibility index (Phi) is 6.46. The Balaban J connectivity index is 2.28. The van der Waals surface area contributed by atoms with Crippen LogP contribution in [-0.4, -0.2) is 22.5 Å². The van der Waals surface area contributed by atoms with E-state index in [0.717, 1.165) is 10.5 Å². The van der Waals surface area contributed by atoms with Crippen molar-refractivity contribution in [1.29, 1.82) is 0 Å². The number of rotatable bonds is 7. The Labute approximate surface area is 152 Å². The highest BCUT2D eigenvalue weighted by molar-refractivity contribution is 5.82. The van der Waals surface area contributed by atoms with Gasteiger partial charge in [-0.05, 0) is 37.3 Å². The predicted molar refractivity (Wildman–Crippen MR) is 96.5 cm³/mol. The van der Waals surface area contributed by atoms with Gasteiger partial charge in [0.05, 0.1) is 0 Å². The van der Waals surface area contributed by atoms with Gasteiger partial charge in [-0.1, -0.05) is 67.6 Å². The minimum absolute atomic E-state index is 0.0572. The van der Waals surface area contributed by atoms with E-state index in [4.69, 9.17) is 0 Å². The van der Waals surface area contributed by atoms with Crippen LogP contribution >= 0.6 is 0 Å². The molecule has 0 unspecified atom stereocenters. The van der Waals surface area contributed by atoms with Crippen molar-refractivity contribution in [1.82, 2.24) is 4.90 Å². The van der Waals surface area contributed by atoms with Crippen molar-refractivity contribution < 1.29 is 18.0 Å². The molecular weight excluding hydrogens is 339 g/mol. The summed E-state index contributed by atoms with van der Waals surface area (Å²) in [6.45, 7) is 3.51. The molecule has 2 rings (SSSR count). The largest absolute Gasteiger partial charge is 0.471 e. The van der Waals surface area contributed by atoms with Gasteiger partial charge in [0.2, 0.25) is 0 Å². The molecule has 0 radical (unpaired) electrons. The number of aryl methyl sites for hydroxylation is 1. The lowest BCUT2D eigenvalue weighted by Crippen LogP contribution is -2.53. The summed E-state index contributed by atoms with van der Waals surface area (Å²) < 4.78 is 39.7. The Morgan fingerprint density at radius 2 is 1.42 bits per heavy atom. The average molecular weight is 363 g/mol. The van der Waals surface area contributed by atoms with Crippen molar-refractivity contribution in [3.8, 4) is 0 Å². The number of alkyl halides is 3. The van der Waals surface area contributed by atoms with Gasteiger partial charge in [-0.3, -0.25) is 4.79 Å². The number of hydrogen-bond donors (Lipinski definition) is 0. The van der Waals surface area contributed by atoms with Crippen LogP contribution in [0.1, 0.15) is 37.8 Å². The Bertz CT molecular complexity index is 700. The van der Waals surface area contributed by atoms with E-state index in [-0.39, 0.29) is 6.54 Å². The van der Waals surface area contributed by atoms with Gasteiger partial charge in [0.15, 0.2) is 0 Å². The number of carbonyl (C=O) groups is 1. The van der Waals surface area contributed by atoms with Gasteiger partial charge < -0.3 is 4.90 Å². The highest BCUT2D eigenvalue weighted by atomic mass is 19.4. The molecule has 0 aliphatic carbocycles. The molecule has 5 heteroatoms. The third-order valence-corrected chi connectivity index (χ3v) is 4.88. The smallest absolute Gasteiger partial charge is 0.325 e. The molecule has 0 aliphatic rings. The quantitative estimate of drug-likeness (QED) is 0.647. The number of halogens is 3. The normalized spacial score (nSPS) is 13.9. The van der Waals surface area contributed by atoms with Crippen molar-refractivity contribution >= 4 is 5.91 Å². The first-order chi connectivity index (χ1) is 12.3. The average Bonchev–Trinajstić information content (AvgIpc) is 2.64. The SMILES string of the molecule is CC[C@@](C)(CCc1ccccc1)N(Cc1ccccc1)C(=O)C(F)(F)F. The van der Waals surface area contributed by atoms with Crippen LogP contribution in [0.5, 0.6) is 0 Å². The van der Waals surface area contributed by atoms with Crippen LogP contribution in [0.25, 0.3) is 0 Å². The van der Waals surface area contributed by atoms with E-state index in [2.05, 4.69) is 0 Å². The second-order valence-corrected chi connectivity index (χ2v) is 6.71. The number of nitrogens with zero attached hydrogens (tertiary/aromatic N) is 1. The van der Waals surface area contributed by atoms with Gasteiger partial charge in [0.1, 0.15) is 0 Å². The molecule has 0 bridgehead atoms. The second kappa shape index (κ2) is 8.39. The van der Waals surface area contributed by atoms with Gasteiger partial charge in [-0.25, -0.2) is 0 Å². The molecule has 140 valence electrons. The first-order valence-corrected chi connectivity index (χ1v) is 8.73. The van der Waals surface area contributed by atoms with E-state index in [1.54, 1.807) is 37.3 Å². The van der Waals surface area contributed by atoms with Crippen molar-refractivity contribution in [2.45, 2.75) is 51.4 Å². The van der Waals surface area contributed by atoms with E-state index in [1.807, 2.05) is 37.3 Å². The molecule has 0 saturated heterocycles. The highest BCUT2D eigenvalue weighted by Crippen LogP contribution is 2.32. The summed E-state index contributed by atoms with van der Waals surface area (Å²) in [6, 6.07) is 18.4. The first-order valence-electron chi connectivity index (χ1n) is 8.73. The lowest BCUT2D eigenvalue weighted by atomic mass is 9.88. The fourth-order valence-corrected chi connectivity index (χ4v) is 2.99. The van der Waals surface area contributed by atoms with Gasteiger partial charge >= 0.3 is 12.1 Å². The number of amides is 1. The molecule has 2 nitrogen and oxygen atoms in total. The molecular formula is C21H24F3NO. The van der Waals surface area contributed by atoms with Gasteiger partial charge in [-0.15, -0.1) is 0 Å². The van der Waals surface area contributed by atoms with Crippen molar-refractivity contribution in [2.24, 2.45) is 0 Å². The summed E-state index contributed by atoms with van der Waals surface area (Å²) in [5, 5.41) is 0. The van der Waals surface area contributed by atoms with Crippen LogP contribution in [0.4, 0.5) is 13.2 Å². The van der Waals surface area contributed by atoms with E-state index < -0.39 is 17.6 Å². The molecule has 1 amide bonds. The number of hydrogen-bond acceptors (Lipinski definition) is 1. The van der Waals surface area contributed by atoms with Crippen LogP contribution < -0.4 is 0 Å². The first kappa shape index (κ1) is 20.0. The standard InChI is InChI=1S/C21H24F3NO/c1-3-20(2,15-14-17-10-6-4-7-11-17)25(19(26)21(22,23)24)16-18-12-8-5-9-13-18/h4-13H,3,14-16H2,1-2H3/t20-/m0/s1. The maximum Gasteiger partial charge on any atom is 0.471 e. The topological polar surface area (TPSA) is 20.3 Å². The molecule has 0 heterocycles. The predicted octanol–water partition coefficient (Wildman–Crippen LogP) is 5.38. The van der Waals surface area contributed by atoms with E-state index in [9.17, 15) is 18.0 Å². The monoisotopic (exact) mass is 363 g/mol. The zero-order chi connectivity index (χ0) is 19.2. The van der Waals surface area contributed by atoms with Crippen LogP contribution in [0.2, 0.25) is 0 Å². The Morgan fingerprint density at radius 1 is 0.923 bits per heavy atom. The van der Waals surface area contributed by atoms with Crippen LogP contribution in [0, 0.1) is 0 Å². The third kappa shape index (κ3) is 5.10. The molecule has 0 aliphatic heterocycles. The van der Waals surface area contributed by atoms with Crippen LogP contribution in [0.15, 0.2) is 60.7 Å². The van der Waals surface area contributed by atoms with E-state index in [1.165, 1.54) is 0 Å². The molecule has 0 aromatic heterocycles. The molecule has 2 aromatic carbocycles. The minimum Gasteiger partial charge on any atom is -0.325 e. The van der Waals surface area contributed by atoms with Crippen LogP contribution in [0.3, 0.4) is 0 Å². The Morgan fingerprint density at radius 3 is 1.88 bits per heavy atom. The lowest BCUT2D eigenvalue weighted by molar-refractivity contribution is -0.192. The van der Waals surface area contributed by atoms with E-state index in [0.29, 0.717) is 24.8 Å². The molecule has 0 spiro atoms. The fourth-order valence-electron chi connectivity index (χ4n) is 2.99. The van der Waals surface area contributed by atoms with Crippen molar-refractivity contribution in [3.05, 3.63) is 71.8 Å². The molecule has 0 fully saturated rings. The van der Waals surface area contributed by atoms with Gasteiger partial charge in [0.25, 0.3) is 0 Å². The number of benzene rings is 2. The number of carbonyl (C=O) groups excluding carboxylic acids is 1. The summed E-state index contributed by atoms with van der Waals surface area (Å²) in [4.78, 5) is 13.2. The van der Waals surface area contributed by atoms with E-state index >= 15 is 0 Å². The lowest BCUT2D eigenvalue weighted by Gasteiger charge is -2.41. The minimum atomic E-state index is -4.89. The van der Waals surface area contributed by atoms with Crippen LogP contribution in [-0.2, 0) is 17.8 Å². The second-order valence-electron chi connectivity index (χ2n) is 6.71. The molecule has 1 atom stereocenters. The highest BCUT2D eigenvalue weighted by Gasteiger charge is 2.47. The fraction of sp³-hybridized carbons (Fsp3) is 0.381. The maximum absolute atomic E-state index is 13.2. The molecule has 0 saturated carbocycles. The zero-order valence-electron chi connectivity index (χ0n) is 15.1. The van der Waals surface area contributed by atoms with Gasteiger partial charge in [-0.2, -0.15) is 13.2 Å². The zero-order valence-corrected chi connectivity index (χ0v) is 15.1. The summed E-state index contributed by atoms with van der Waals surface area (Å²) in [5.41, 5.74) is 0.842. The Hall–Kier alpha value is -2.30. The summed E-state index contributed by atoms with van der Waals surface area (Å²) >= 11 is 0.